The van der Waals surface area contributed by atoms with Gasteiger partial charge >= 0.3 is 17.9 Å². The van der Waals surface area contributed by atoms with E-state index in [9.17, 15) is 28.3 Å². The monoisotopic (exact) mass is 570 g/mol. The Bertz CT molecular complexity index is 1160. The second-order valence-electron chi connectivity index (χ2n) is 8.32. The summed E-state index contributed by atoms with van der Waals surface area (Å²) in [5, 5.41) is 18.0. The fourth-order valence-electron chi connectivity index (χ4n) is 2.85. The zero-order valence-electron chi connectivity index (χ0n) is 22.5. The Labute approximate surface area is 236 Å². The smallest absolute Gasteiger partial charge is 0.333 e. The molecule has 6 nitrogen and oxygen atoms in total. The molecule has 0 spiro atoms. The van der Waals surface area contributed by atoms with Crippen molar-refractivity contribution in [1.29, 1.82) is 0 Å². The normalized spacial score (nSPS) is 11.1. The maximum absolute atomic E-state index is 12.9. The molecule has 3 aromatic rings. The van der Waals surface area contributed by atoms with E-state index in [1.54, 1.807) is 0 Å². The molecule has 1 unspecified atom stereocenters. The second kappa shape index (κ2) is 16.7. The highest BCUT2D eigenvalue weighted by Crippen LogP contribution is 2.30. The summed E-state index contributed by atoms with van der Waals surface area (Å²) < 4.78 is 30.0. The molecule has 0 saturated heterocycles. The van der Waals surface area contributed by atoms with Gasteiger partial charge in [-0.05, 0) is 56.7 Å². The molecule has 0 heterocycles. The van der Waals surface area contributed by atoms with Gasteiger partial charge in [-0.15, -0.1) is 0 Å². The Morgan fingerprint density at radius 1 is 0.825 bits per heavy atom. The van der Waals surface area contributed by atoms with Crippen molar-refractivity contribution in [2.45, 2.75) is 53.9 Å². The molecule has 0 aliphatic rings. The molecule has 1 N–H and O–H groups in total. The third-order valence-electron chi connectivity index (χ3n) is 4.95. The van der Waals surface area contributed by atoms with Gasteiger partial charge in [0.05, 0.1) is 10.9 Å². The average Bonchev–Trinajstić information content (AvgIpc) is 2.94. The van der Waals surface area contributed by atoms with Gasteiger partial charge in [-0.2, -0.15) is 8.78 Å². The first-order valence-corrected chi connectivity index (χ1v) is 13.3. The van der Waals surface area contributed by atoms with Crippen LogP contribution in [0.2, 0.25) is 0 Å². The molecule has 1 atom stereocenters. The summed E-state index contributed by atoms with van der Waals surface area (Å²) in [6.07, 6.45) is -2.37. The molecule has 3 aromatic carbocycles. The molecule has 3 rings (SSSR count). The van der Waals surface area contributed by atoms with Crippen molar-refractivity contribution < 1.29 is 38.1 Å². The SMILES string of the molecule is C=C(C)C(=O)O.C=C(C)C(=O)OC(CC)C(F)(F)C(=O)[O-].c1ccc([S+](c2ccccc2)c2ccccc2)cc1. The molecular formula is C31H32F2O6S. The van der Waals surface area contributed by atoms with E-state index in [-0.39, 0.29) is 28.5 Å². The number of aliphatic carboxylic acids is 2. The van der Waals surface area contributed by atoms with Gasteiger partial charge < -0.3 is 19.7 Å². The summed E-state index contributed by atoms with van der Waals surface area (Å²) in [6.45, 7) is 10.3. The van der Waals surface area contributed by atoms with Gasteiger partial charge in [-0.3, -0.25) is 0 Å². The minimum Gasteiger partial charge on any atom is -0.544 e. The van der Waals surface area contributed by atoms with E-state index >= 15 is 0 Å². The molecule has 0 bridgehead atoms. The van der Waals surface area contributed by atoms with E-state index in [0.29, 0.717) is 0 Å². The van der Waals surface area contributed by atoms with Crippen LogP contribution in [0.1, 0.15) is 27.2 Å². The molecule has 212 valence electrons. The lowest BCUT2D eigenvalue weighted by atomic mass is 10.1. The maximum atomic E-state index is 12.9. The molecule has 0 saturated carbocycles. The van der Waals surface area contributed by atoms with Crippen molar-refractivity contribution in [3.05, 3.63) is 115 Å². The summed E-state index contributed by atoms with van der Waals surface area (Å²) >= 11 is 0. The number of esters is 1. The molecule has 0 aromatic heterocycles. The van der Waals surface area contributed by atoms with E-state index in [0.717, 1.165) is 0 Å². The number of hydrogen-bond donors (Lipinski definition) is 1. The van der Waals surface area contributed by atoms with Crippen molar-refractivity contribution in [2.75, 3.05) is 0 Å². The number of rotatable bonds is 9. The number of carboxylic acid groups (broad SMARTS) is 2. The van der Waals surface area contributed by atoms with E-state index in [4.69, 9.17) is 5.11 Å². The third-order valence-corrected chi connectivity index (χ3v) is 7.18. The minimum atomic E-state index is -4.19. The van der Waals surface area contributed by atoms with Crippen molar-refractivity contribution in [3.63, 3.8) is 0 Å². The fraction of sp³-hybridized carbons (Fsp3) is 0.194. The van der Waals surface area contributed by atoms with Crippen LogP contribution in [0.3, 0.4) is 0 Å². The zero-order valence-corrected chi connectivity index (χ0v) is 23.3. The molecular weight excluding hydrogens is 538 g/mol. The van der Waals surface area contributed by atoms with E-state index in [2.05, 4.69) is 109 Å². The maximum Gasteiger partial charge on any atom is 0.333 e. The van der Waals surface area contributed by atoms with Gasteiger partial charge in [0, 0.05) is 11.1 Å². The van der Waals surface area contributed by atoms with Crippen LogP contribution in [-0.4, -0.2) is 35.0 Å². The Morgan fingerprint density at radius 3 is 1.38 bits per heavy atom. The summed E-state index contributed by atoms with van der Waals surface area (Å²) in [7, 11) is -0.0146. The van der Waals surface area contributed by atoms with Gasteiger partial charge in [-0.1, -0.05) is 74.7 Å². The molecule has 0 radical (unpaired) electrons. The highest BCUT2D eigenvalue weighted by molar-refractivity contribution is 7.97. The van der Waals surface area contributed by atoms with Gasteiger partial charge in [0.15, 0.2) is 20.8 Å². The molecule has 0 fully saturated rings. The average molecular weight is 571 g/mol. The van der Waals surface area contributed by atoms with E-state index < -0.39 is 29.9 Å². The number of halogens is 2. The first-order chi connectivity index (χ1) is 18.8. The molecule has 0 aliphatic heterocycles. The van der Waals surface area contributed by atoms with Crippen LogP contribution in [0.5, 0.6) is 0 Å². The second-order valence-corrected chi connectivity index (χ2v) is 10.4. The summed E-state index contributed by atoms with van der Waals surface area (Å²) in [5.74, 6) is -8.75. The molecule has 0 aliphatic carbocycles. The summed E-state index contributed by atoms with van der Waals surface area (Å²) in [5.41, 5.74) is 0.0950. The highest BCUT2D eigenvalue weighted by atomic mass is 32.2. The lowest BCUT2D eigenvalue weighted by molar-refractivity contribution is -0.336. The molecule has 0 amide bonds. The van der Waals surface area contributed by atoms with E-state index in [1.807, 2.05) is 0 Å². The summed E-state index contributed by atoms with van der Waals surface area (Å²) in [6, 6.07) is 32.2. The number of benzene rings is 3. The van der Waals surface area contributed by atoms with Crippen molar-refractivity contribution >= 4 is 28.8 Å². The van der Waals surface area contributed by atoms with Crippen molar-refractivity contribution in [1.82, 2.24) is 0 Å². The standard InChI is InChI=1S/C18H15S.C9H12F2O4.C4H6O2/c1-4-10-16(11-5-1)19(17-12-6-2-7-13-17)18-14-8-3-9-15-18;1-4-6(9(10,11)8(13)14)15-7(12)5(2)3;1-3(2)4(5)6/h1-15H;6H,2,4H2,1,3H3,(H,13,14);1H2,2H3,(H,5,6)/q+1;;/p-1. The van der Waals surface area contributed by atoms with Crippen LogP contribution < -0.4 is 5.11 Å². The van der Waals surface area contributed by atoms with Crippen LogP contribution in [0.4, 0.5) is 8.78 Å². The van der Waals surface area contributed by atoms with Crippen LogP contribution in [-0.2, 0) is 30.0 Å². The van der Waals surface area contributed by atoms with Crippen LogP contribution in [0, 0.1) is 0 Å². The van der Waals surface area contributed by atoms with Gasteiger partial charge in [0.2, 0.25) is 0 Å². The zero-order chi connectivity index (χ0) is 30.3. The van der Waals surface area contributed by atoms with Gasteiger partial charge in [0.25, 0.3) is 0 Å². The lowest BCUT2D eigenvalue weighted by Gasteiger charge is -2.26. The topological polar surface area (TPSA) is 104 Å². The Kier molecular flexibility index (Phi) is 14.1. The Morgan fingerprint density at radius 2 is 1.15 bits per heavy atom. The van der Waals surface area contributed by atoms with Crippen LogP contribution >= 0.6 is 0 Å². The van der Waals surface area contributed by atoms with Crippen LogP contribution in [0.15, 0.2) is 130 Å². The Balaban J connectivity index is 0.000000341. The number of carbonyl (C=O) groups is 3. The third kappa shape index (κ3) is 10.9. The number of ether oxygens (including phenoxy) is 1. The minimum absolute atomic E-state index is 0.0146. The quantitative estimate of drug-likeness (QED) is 0.201. The Hall–Kier alpha value is -4.24. The molecule has 9 heteroatoms. The van der Waals surface area contributed by atoms with E-state index in [1.165, 1.54) is 35.5 Å². The van der Waals surface area contributed by atoms with Crippen molar-refractivity contribution in [3.8, 4) is 0 Å². The van der Waals surface area contributed by atoms with Crippen LogP contribution in [0.25, 0.3) is 0 Å². The number of alkyl halides is 2. The molecule has 40 heavy (non-hydrogen) atoms. The first-order valence-electron chi connectivity index (χ1n) is 12.1. The van der Waals surface area contributed by atoms with Gasteiger partial charge in [0.1, 0.15) is 5.97 Å². The fourth-order valence-corrected chi connectivity index (χ4v) is 4.96. The number of hydrogen-bond acceptors (Lipinski definition) is 5. The predicted octanol–water partition coefficient (Wildman–Crippen LogP) is 5.70. The lowest BCUT2D eigenvalue weighted by Crippen LogP contribution is -2.51. The predicted molar refractivity (Wildman–Crippen MR) is 149 cm³/mol. The number of carbonyl (C=O) groups excluding carboxylic acids is 2. The summed E-state index contributed by atoms with van der Waals surface area (Å²) in [4.78, 5) is 34.7. The van der Waals surface area contributed by atoms with Gasteiger partial charge in [-0.25, -0.2) is 9.59 Å². The van der Waals surface area contributed by atoms with Crippen molar-refractivity contribution in [2.24, 2.45) is 0 Å². The highest BCUT2D eigenvalue weighted by Gasteiger charge is 2.43. The number of carboxylic acids is 2. The first kappa shape index (κ1) is 33.8. The largest absolute Gasteiger partial charge is 0.544 e.